The van der Waals surface area contributed by atoms with Crippen molar-refractivity contribution < 1.29 is 8.42 Å². The summed E-state index contributed by atoms with van der Waals surface area (Å²) in [6, 6.07) is 12.4. The van der Waals surface area contributed by atoms with E-state index >= 15 is 0 Å². The van der Waals surface area contributed by atoms with Crippen LogP contribution in [0.5, 0.6) is 0 Å². The molecule has 0 saturated carbocycles. The first kappa shape index (κ1) is 14.2. The molecule has 0 spiro atoms. The molecule has 108 valence electrons. The molecule has 3 rings (SSSR count). The van der Waals surface area contributed by atoms with Crippen LogP contribution in [0.1, 0.15) is 18.0 Å². The van der Waals surface area contributed by atoms with Crippen LogP contribution in [0, 0.1) is 0 Å². The van der Waals surface area contributed by atoms with Gasteiger partial charge in [-0.15, -0.1) is 11.3 Å². The number of thiazole rings is 1. The molecule has 1 unspecified atom stereocenters. The predicted molar refractivity (Wildman–Crippen MR) is 84.8 cm³/mol. The SMILES string of the molecule is CC(NS(=O)(=O)c1cccc2ccccc12)c1nccs1. The number of aromatic nitrogens is 1. The summed E-state index contributed by atoms with van der Waals surface area (Å²) in [4.78, 5) is 4.44. The van der Waals surface area contributed by atoms with E-state index in [0.717, 1.165) is 15.8 Å². The minimum absolute atomic E-state index is 0.295. The van der Waals surface area contributed by atoms with Crippen molar-refractivity contribution in [1.82, 2.24) is 9.71 Å². The van der Waals surface area contributed by atoms with Gasteiger partial charge >= 0.3 is 0 Å². The predicted octanol–water partition coefficient (Wildman–Crippen LogP) is 3.34. The van der Waals surface area contributed by atoms with Crippen molar-refractivity contribution in [1.29, 1.82) is 0 Å². The smallest absolute Gasteiger partial charge is 0.241 e. The molecule has 0 radical (unpaired) electrons. The second-order valence-corrected chi connectivity index (χ2v) is 7.30. The summed E-state index contributed by atoms with van der Waals surface area (Å²) < 4.78 is 27.9. The highest BCUT2D eigenvalue weighted by atomic mass is 32.2. The molecule has 1 heterocycles. The molecule has 1 atom stereocenters. The van der Waals surface area contributed by atoms with Crippen LogP contribution in [-0.2, 0) is 10.0 Å². The van der Waals surface area contributed by atoms with Crippen LogP contribution < -0.4 is 4.72 Å². The summed E-state index contributed by atoms with van der Waals surface area (Å²) in [5.74, 6) is 0. The molecule has 0 bridgehead atoms. The number of nitrogens with zero attached hydrogens (tertiary/aromatic N) is 1. The molecule has 0 aliphatic carbocycles. The number of sulfonamides is 1. The van der Waals surface area contributed by atoms with E-state index in [1.807, 2.05) is 35.7 Å². The lowest BCUT2D eigenvalue weighted by atomic mass is 10.1. The Hall–Kier alpha value is -1.76. The zero-order chi connectivity index (χ0) is 14.9. The maximum Gasteiger partial charge on any atom is 0.241 e. The van der Waals surface area contributed by atoms with Gasteiger partial charge in [0, 0.05) is 17.0 Å². The van der Waals surface area contributed by atoms with Gasteiger partial charge in [0.05, 0.1) is 10.9 Å². The van der Waals surface area contributed by atoms with Crippen LogP contribution in [0.3, 0.4) is 0 Å². The first-order valence-electron chi connectivity index (χ1n) is 6.47. The van der Waals surface area contributed by atoms with Crippen LogP contribution in [-0.4, -0.2) is 13.4 Å². The van der Waals surface area contributed by atoms with Crippen LogP contribution in [0.15, 0.2) is 58.9 Å². The van der Waals surface area contributed by atoms with Gasteiger partial charge in [0.2, 0.25) is 10.0 Å². The number of hydrogen-bond donors (Lipinski definition) is 1. The molecule has 6 heteroatoms. The Morgan fingerprint density at radius 3 is 2.67 bits per heavy atom. The summed E-state index contributed by atoms with van der Waals surface area (Å²) in [5.41, 5.74) is 0. The molecule has 0 amide bonds. The fourth-order valence-electron chi connectivity index (χ4n) is 2.22. The van der Waals surface area contributed by atoms with Gasteiger partial charge in [-0.05, 0) is 18.4 Å². The van der Waals surface area contributed by atoms with E-state index in [-0.39, 0.29) is 6.04 Å². The normalized spacial score (nSPS) is 13.4. The Morgan fingerprint density at radius 1 is 1.14 bits per heavy atom. The molecular formula is C15H14N2O2S2. The van der Waals surface area contributed by atoms with Crippen molar-refractivity contribution >= 4 is 32.1 Å². The average molecular weight is 318 g/mol. The van der Waals surface area contributed by atoms with E-state index < -0.39 is 10.0 Å². The summed E-state index contributed by atoms with van der Waals surface area (Å²) in [5, 5.41) is 4.21. The zero-order valence-corrected chi connectivity index (χ0v) is 13.0. The van der Waals surface area contributed by atoms with Crippen molar-refractivity contribution in [3.63, 3.8) is 0 Å². The van der Waals surface area contributed by atoms with Crippen molar-refractivity contribution in [2.75, 3.05) is 0 Å². The van der Waals surface area contributed by atoms with Gasteiger partial charge in [-0.2, -0.15) is 0 Å². The Kier molecular flexibility index (Phi) is 3.75. The maximum absolute atomic E-state index is 12.6. The number of rotatable bonds is 4. The molecule has 0 fully saturated rings. The first-order chi connectivity index (χ1) is 10.1. The highest BCUT2D eigenvalue weighted by Crippen LogP contribution is 2.25. The lowest BCUT2D eigenvalue weighted by molar-refractivity contribution is 0.567. The van der Waals surface area contributed by atoms with Gasteiger partial charge in [0.15, 0.2) is 0 Å². The zero-order valence-electron chi connectivity index (χ0n) is 11.4. The first-order valence-corrected chi connectivity index (χ1v) is 8.84. The van der Waals surface area contributed by atoms with Gasteiger partial charge in [-0.3, -0.25) is 0 Å². The fraction of sp³-hybridized carbons (Fsp3) is 0.133. The third-order valence-corrected chi connectivity index (χ3v) is 5.75. The van der Waals surface area contributed by atoms with Gasteiger partial charge in [0.1, 0.15) is 5.01 Å². The van der Waals surface area contributed by atoms with Crippen LogP contribution in [0.25, 0.3) is 10.8 Å². The quantitative estimate of drug-likeness (QED) is 0.802. The second kappa shape index (κ2) is 5.55. The van der Waals surface area contributed by atoms with E-state index in [0.29, 0.717) is 4.90 Å². The Morgan fingerprint density at radius 2 is 1.90 bits per heavy atom. The fourth-order valence-corrected chi connectivity index (χ4v) is 4.38. The van der Waals surface area contributed by atoms with Gasteiger partial charge in [0.25, 0.3) is 0 Å². The van der Waals surface area contributed by atoms with E-state index in [4.69, 9.17) is 0 Å². The number of fused-ring (bicyclic) bond motifs is 1. The van der Waals surface area contributed by atoms with E-state index in [1.54, 1.807) is 25.3 Å². The largest absolute Gasteiger partial charge is 0.248 e. The molecule has 0 aliphatic rings. The second-order valence-electron chi connectivity index (χ2n) is 4.69. The van der Waals surface area contributed by atoms with Crippen LogP contribution in [0.2, 0.25) is 0 Å². The third-order valence-electron chi connectivity index (χ3n) is 3.19. The Bertz CT molecular complexity index is 853. The van der Waals surface area contributed by atoms with E-state index in [9.17, 15) is 8.42 Å². The monoisotopic (exact) mass is 318 g/mol. The van der Waals surface area contributed by atoms with E-state index in [1.165, 1.54) is 11.3 Å². The molecule has 21 heavy (non-hydrogen) atoms. The maximum atomic E-state index is 12.6. The van der Waals surface area contributed by atoms with Crippen molar-refractivity contribution in [3.05, 3.63) is 59.0 Å². The molecule has 1 N–H and O–H groups in total. The molecule has 3 aromatic rings. The van der Waals surface area contributed by atoms with Gasteiger partial charge in [-0.1, -0.05) is 36.4 Å². The topological polar surface area (TPSA) is 59.1 Å². The number of benzene rings is 2. The summed E-state index contributed by atoms with van der Waals surface area (Å²) >= 11 is 1.43. The Balaban J connectivity index is 2.01. The highest BCUT2D eigenvalue weighted by molar-refractivity contribution is 7.89. The lowest BCUT2D eigenvalue weighted by Crippen LogP contribution is -2.27. The average Bonchev–Trinajstić information content (AvgIpc) is 3.00. The number of hydrogen-bond acceptors (Lipinski definition) is 4. The van der Waals surface area contributed by atoms with Crippen molar-refractivity contribution in [2.45, 2.75) is 17.9 Å². The standard InChI is InChI=1S/C15H14N2O2S2/c1-11(15-16-9-10-20-15)17-21(18,19)14-8-4-6-12-5-2-3-7-13(12)14/h2-11,17H,1H3. The minimum Gasteiger partial charge on any atom is -0.248 e. The van der Waals surface area contributed by atoms with Gasteiger partial charge in [-0.25, -0.2) is 18.1 Å². The van der Waals surface area contributed by atoms with Gasteiger partial charge < -0.3 is 0 Å². The molecule has 2 aromatic carbocycles. The summed E-state index contributed by atoms with van der Waals surface area (Å²) in [6.07, 6.45) is 1.67. The summed E-state index contributed by atoms with van der Waals surface area (Å²) in [6.45, 7) is 1.79. The summed E-state index contributed by atoms with van der Waals surface area (Å²) in [7, 11) is -3.60. The van der Waals surface area contributed by atoms with Crippen LogP contribution >= 0.6 is 11.3 Å². The van der Waals surface area contributed by atoms with Crippen molar-refractivity contribution in [2.24, 2.45) is 0 Å². The molecule has 4 nitrogen and oxygen atoms in total. The molecule has 1 aromatic heterocycles. The third kappa shape index (κ3) is 2.83. The van der Waals surface area contributed by atoms with Crippen LogP contribution in [0.4, 0.5) is 0 Å². The molecule has 0 aliphatic heterocycles. The number of nitrogens with one attached hydrogen (secondary N) is 1. The molecular weight excluding hydrogens is 304 g/mol. The lowest BCUT2D eigenvalue weighted by Gasteiger charge is -2.13. The van der Waals surface area contributed by atoms with E-state index in [2.05, 4.69) is 9.71 Å². The highest BCUT2D eigenvalue weighted by Gasteiger charge is 2.21. The minimum atomic E-state index is -3.60. The molecule has 0 saturated heterocycles. The Labute approximate surface area is 127 Å². The van der Waals surface area contributed by atoms with Crippen molar-refractivity contribution in [3.8, 4) is 0 Å².